The summed E-state index contributed by atoms with van der Waals surface area (Å²) in [5.74, 6) is 0.952. The van der Waals surface area contributed by atoms with E-state index < -0.39 is 0 Å². The molecule has 0 N–H and O–H groups in total. The fourth-order valence-electron chi connectivity index (χ4n) is 2.24. The number of hydrogen-bond donors (Lipinski definition) is 0. The van der Waals surface area contributed by atoms with Gasteiger partial charge in [-0.3, -0.25) is 4.90 Å². The smallest absolute Gasteiger partial charge is 0.120 e. The zero-order valence-electron chi connectivity index (χ0n) is 11.9. The van der Waals surface area contributed by atoms with Crippen LogP contribution in [0.4, 0.5) is 0 Å². The highest BCUT2D eigenvalue weighted by atomic mass is 16.5. The molecule has 1 aliphatic heterocycles. The maximum Gasteiger partial charge on any atom is 0.120 e. The second-order valence-electron chi connectivity index (χ2n) is 5.02. The molecule has 0 saturated carbocycles. The van der Waals surface area contributed by atoms with E-state index in [-0.39, 0.29) is 0 Å². The summed E-state index contributed by atoms with van der Waals surface area (Å²) in [6.07, 6.45) is 4.26. The molecule has 0 amide bonds. The molecule has 1 heterocycles. The van der Waals surface area contributed by atoms with Crippen molar-refractivity contribution in [3.8, 4) is 5.75 Å². The van der Waals surface area contributed by atoms with Crippen LogP contribution in [-0.4, -0.2) is 44.4 Å². The number of rotatable bonds is 5. The normalized spacial score (nSPS) is 16.9. The second-order valence-corrected chi connectivity index (χ2v) is 5.02. The molecule has 1 aromatic carbocycles. The van der Waals surface area contributed by atoms with Crippen LogP contribution in [0.15, 0.2) is 30.4 Å². The lowest BCUT2D eigenvalue weighted by molar-refractivity contribution is 0.0434. The quantitative estimate of drug-likeness (QED) is 0.760. The minimum absolute atomic E-state index is 0.632. The fraction of sp³-hybridized carbons (Fsp3) is 0.500. The SMILES string of the molecule is Cc1cc(C)cc(OCC=CCN2CCOCC2)c1. The summed E-state index contributed by atoms with van der Waals surface area (Å²) in [6.45, 7) is 9.57. The Hall–Kier alpha value is -1.32. The lowest BCUT2D eigenvalue weighted by Crippen LogP contribution is -2.36. The van der Waals surface area contributed by atoms with E-state index in [0.717, 1.165) is 38.6 Å². The lowest BCUT2D eigenvalue weighted by atomic mass is 10.1. The van der Waals surface area contributed by atoms with E-state index in [4.69, 9.17) is 9.47 Å². The maximum absolute atomic E-state index is 5.73. The van der Waals surface area contributed by atoms with Gasteiger partial charge in [-0.2, -0.15) is 0 Å². The molecule has 0 bridgehead atoms. The molecule has 3 heteroatoms. The molecule has 104 valence electrons. The second kappa shape index (κ2) is 7.31. The summed E-state index contributed by atoms with van der Waals surface area (Å²) in [7, 11) is 0. The van der Waals surface area contributed by atoms with Gasteiger partial charge in [-0.05, 0) is 37.1 Å². The van der Waals surface area contributed by atoms with Crippen molar-refractivity contribution in [1.82, 2.24) is 4.90 Å². The molecule has 0 aromatic heterocycles. The van der Waals surface area contributed by atoms with Crippen molar-refractivity contribution in [1.29, 1.82) is 0 Å². The zero-order chi connectivity index (χ0) is 13.5. The molecule has 1 aromatic rings. The minimum atomic E-state index is 0.632. The first-order valence-electron chi connectivity index (χ1n) is 6.90. The average molecular weight is 261 g/mol. The molecule has 2 rings (SSSR count). The largest absolute Gasteiger partial charge is 0.490 e. The van der Waals surface area contributed by atoms with Gasteiger partial charge < -0.3 is 9.47 Å². The van der Waals surface area contributed by atoms with Gasteiger partial charge in [-0.15, -0.1) is 0 Å². The molecule has 0 unspecified atom stereocenters. The predicted molar refractivity (Wildman–Crippen MR) is 77.8 cm³/mol. The van der Waals surface area contributed by atoms with E-state index in [0.29, 0.717) is 6.61 Å². The van der Waals surface area contributed by atoms with E-state index >= 15 is 0 Å². The topological polar surface area (TPSA) is 21.7 Å². The van der Waals surface area contributed by atoms with Crippen LogP contribution >= 0.6 is 0 Å². The van der Waals surface area contributed by atoms with Crippen LogP contribution in [0.3, 0.4) is 0 Å². The number of hydrogen-bond acceptors (Lipinski definition) is 3. The highest BCUT2D eigenvalue weighted by molar-refractivity contribution is 5.33. The van der Waals surface area contributed by atoms with Crippen molar-refractivity contribution in [2.75, 3.05) is 39.5 Å². The Kier molecular flexibility index (Phi) is 5.43. The van der Waals surface area contributed by atoms with E-state index in [1.54, 1.807) is 0 Å². The molecule has 3 nitrogen and oxygen atoms in total. The number of ether oxygens (including phenoxy) is 2. The maximum atomic E-state index is 5.73. The van der Waals surface area contributed by atoms with E-state index in [9.17, 15) is 0 Å². The molecular formula is C16H23NO2. The van der Waals surface area contributed by atoms with Crippen molar-refractivity contribution in [2.45, 2.75) is 13.8 Å². The Morgan fingerprint density at radius 3 is 2.47 bits per heavy atom. The van der Waals surface area contributed by atoms with E-state index in [2.05, 4.69) is 49.1 Å². The summed E-state index contributed by atoms with van der Waals surface area (Å²) in [6, 6.07) is 6.30. The third-order valence-electron chi connectivity index (χ3n) is 3.18. The van der Waals surface area contributed by atoms with Crippen molar-refractivity contribution in [3.05, 3.63) is 41.5 Å². The number of nitrogens with zero attached hydrogens (tertiary/aromatic N) is 1. The van der Waals surface area contributed by atoms with Crippen LogP contribution in [0.2, 0.25) is 0 Å². The summed E-state index contributed by atoms with van der Waals surface area (Å²) in [5, 5.41) is 0. The van der Waals surface area contributed by atoms with Gasteiger partial charge >= 0.3 is 0 Å². The molecule has 0 aliphatic carbocycles. The number of benzene rings is 1. The van der Waals surface area contributed by atoms with Crippen LogP contribution < -0.4 is 4.74 Å². The third-order valence-corrected chi connectivity index (χ3v) is 3.18. The van der Waals surface area contributed by atoms with Crippen LogP contribution in [-0.2, 0) is 4.74 Å². The Bertz CT molecular complexity index is 403. The van der Waals surface area contributed by atoms with Crippen LogP contribution in [0, 0.1) is 13.8 Å². The molecular weight excluding hydrogens is 238 g/mol. The molecule has 0 spiro atoms. The van der Waals surface area contributed by atoms with Crippen LogP contribution in [0.5, 0.6) is 5.75 Å². The van der Waals surface area contributed by atoms with Gasteiger partial charge in [0.15, 0.2) is 0 Å². The molecule has 0 atom stereocenters. The summed E-state index contributed by atoms with van der Waals surface area (Å²) >= 11 is 0. The van der Waals surface area contributed by atoms with Gasteiger partial charge in [0.1, 0.15) is 12.4 Å². The van der Waals surface area contributed by atoms with Gasteiger partial charge in [0.2, 0.25) is 0 Å². The number of morpholine rings is 1. The first-order valence-corrected chi connectivity index (χ1v) is 6.90. The average Bonchev–Trinajstić information content (AvgIpc) is 2.38. The van der Waals surface area contributed by atoms with E-state index in [1.165, 1.54) is 11.1 Å². The standard InChI is InChI=1S/C16H23NO2/c1-14-11-15(2)13-16(12-14)19-8-4-3-5-17-6-9-18-10-7-17/h3-4,11-13H,5-10H2,1-2H3. The highest BCUT2D eigenvalue weighted by Crippen LogP contribution is 2.15. The van der Waals surface area contributed by atoms with Crippen LogP contribution in [0.1, 0.15) is 11.1 Å². The fourth-order valence-corrected chi connectivity index (χ4v) is 2.24. The third kappa shape index (κ3) is 5.05. The predicted octanol–water partition coefficient (Wildman–Crippen LogP) is 2.57. The Morgan fingerprint density at radius 1 is 1.11 bits per heavy atom. The Labute approximate surface area is 115 Å². The summed E-state index contributed by atoms with van der Waals surface area (Å²) < 4.78 is 11.0. The molecule has 0 radical (unpaired) electrons. The minimum Gasteiger partial charge on any atom is -0.490 e. The van der Waals surface area contributed by atoms with Crippen molar-refractivity contribution >= 4 is 0 Å². The van der Waals surface area contributed by atoms with Gasteiger partial charge in [0.05, 0.1) is 13.2 Å². The summed E-state index contributed by atoms with van der Waals surface area (Å²) in [5.41, 5.74) is 2.49. The van der Waals surface area contributed by atoms with Crippen LogP contribution in [0.25, 0.3) is 0 Å². The Balaban J connectivity index is 1.70. The Morgan fingerprint density at radius 2 is 1.79 bits per heavy atom. The van der Waals surface area contributed by atoms with Gasteiger partial charge in [0, 0.05) is 19.6 Å². The van der Waals surface area contributed by atoms with Crippen molar-refractivity contribution in [2.24, 2.45) is 0 Å². The van der Waals surface area contributed by atoms with Gasteiger partial charge in [-0.25, -0.2) is 0 Å². The molecule has 19 heavy (non-hydrogen) atoms. The monoisotopic (exact) mass is 261 g/mol. The van der Waals surface area contributed by atoms with E-state index in [1.807, 2.05) is 0 Å². The molecule has 1 saturated heterocycles. The van der Waals surface area contributed by atoms with Crippen molar-refractivity contribution < 1.29 is 9.47 Å². The first kappa shape index (κ1) is 14.1. The summed E-state index contributed by atoms with van der Waals surface area (Å²) in [4.78, 5) is 2.39. The molecule has 1 aliphatic rings. The lowest BCUT2D eigenvalue weighted by Gasteiger charge is -2.25. The van der Waals surface area contributed by atoms with Gasteiger partial charge in [-0.1, -0.05) is 18.2 Å². The van der Waals surface area contributed by atoms with Crippen molar-refractivity contribution in [3.63, 3.8) is 0 Å². The zero-order valence-corrected chi connectivity index (χ0v) is 11.9. The number of aryl methyl sites for hydroxylation is 2. The molecule has 1 fully saturated rings. The highest BCUT2D eigenvalue weighted by Gasteiger charge is 2.07. The first-order chi connectivity index (χ1) is 9.24. The van der Waals surface area contributed by atoms with Gasteiger partial charge in [0.25, 0.3) is 0 Å².